The van der Waals surface area contributed by atoms with E-state index in [1.54, 1.807) is 6.07 Å². The van der Waals surface area contributed by atoms with Crippen LogP contribution in [-0.4, -0.2) is 23.8 Å². The summed E-state index contributed by atoms with van der Waals surface area (Å²) in [6.45, 7) is 2.21. The molecule has 0 aromatic heterocycles. The van der Waals surface area contributed by atoms with Crippen LogP contribution in [0.1, 0.15) is 25.3 Å². The summed E-state index contributed by atoms with van der Waals surface area (Å²) in [5.41, 5.74) is 0.672. The molecule has 2 amide bonds. The lowest BCUT2D eigenvalue weighted by molar-refractivity contribution is 0.227. The lowest BCUT2D eigenvalue weighted by Gasteiger charge is -2.16. The molecule has 0 aliphatic heterocycles. The molecule has 0 saturated carbocycles. The van der Waals surface area contributed by atoms with Crippen molar-refractivity contribution in [3.8, 4) is 0 Å². The van der Waals surface area contributed by atoms with E-state index in [1.807, 2.05) is 6.92 Å². The van der Waals surface area contributed by atoms with E-state index in [-0.39, 0.29) is 31.0 Å². The Morgan fingerprint density at radius 1 is 1.53 bits per heavy atom. The number of halogens is 2. The third-order valence-corrected chi connectivity index (χ3v) is 3.53. The average Bonchev–Trinajstić information content (AvgIpc) is 2.39. The first-order chi connectivity index (χ1) is 9.06. The molecular weight excluding hydrogens is 315 g/mol. The molecule has 0 aliphatic rings. The van der Waals surface area contributed by atoms with Gasteiger partial charge < -0.3 is 15.7 Å². The highest BCUT2D eigenvalue weighted by molar-refractivity contribution is 9.10. The van der Waals surface area contributed by atoms with Gasteiger partial charge in [0.15, 0.2) is 0 Å². The molecule has 6 heteroatoms. The van der Waals surface area contributed by atoms with Gasteiger partial charge >= 0.3 is 6.03 Å². The summed E-state index contributed by atoms with van der Waals surface area (Å²) >= 11 is 3.30. The van der Waals surface area contributed by atoms with Crippen molar-refractivity contribution in [1.29, 1.82) is 0 Å². The normalized spacial score (nSPS) is 12.0. The fourth-order valence-corrected chi connectivity index (χ4v) is 2.01. The number of aliphatic hydroxyl groups is 1. The summed E-state index contributed by atoms with van der Waals surface area (Å²) < 4.78 is 13.8. The number of hydrogen-bond acceptors (Lipinski definition) is 2. The summed E-state index contributed by atoms with van der Waals surface area (Å²) in [5.74, 6) is -0.341. The van der Waals surface area contributed by atoms with Gasteiger partial charge in [0, 0.05) is 23.7 Å². The van der Waals surface area contributed by atoms with Gasteiger partial charge in [0.2, 0.25) is 0 Å². The maximum atomic E-state index is 13.1. The molecule has 1 unspecified atom stereocenters. The quantitative estimate of drug-likeness (QED) is 0.749. The zero-order valence-electron chi connectivity index (χ0n) is 10.7. The summed E-state index contributed by atoms with van der Waals surface area (Å²) in [6, 6.07) is 3.94. The Bertz CT molecular complexity index is 429. The maximum Gasteiger partial charge on any atom is 0.315 e. The minimum Gasteiger partial charge on any atom is -0.396 e. The molecule has 0 spiro atoms. The number of rotatable bonds is 6. The van der Waals surface area contributed by atoms with Gasteiger partial charge in [-0.05, 0) is 36.6 Å². The molecule has 0 aliphatic carbocycles. The van der Waals surface area contributed by atoms with Crippen molar-refractivity contribution in [2.24, 2.45) is 0 Å². The van der Waals surface area contributed by atoms with Crippen molar-refractivity contribution in [2.45, 2.75) is 32.4 Å². The van der Waals surface area contributed by atoms with Crippen LogP contribution in [0.5, 0.6) is 0 Å². The minimum atomic E-state index is -0.341. The second kappa shape index (κ2) is 8.12. The second-order valence-corrected chi connectivity index (χ2v) is 5.03. The van der Waals surface area contributed by atoms with Gasteiger partial charge in [-0.25, -0.2) is 9.18 Å². The summed E-state index contributed by atoms with van der Waals surface area (Å²) in [6.07, 6.45) is 1.27. The highest BCUT2D eigenvalue weighted by Gasteiger charge is 2.10. The molecule has 1 aromatic carbocycles. The standard InChI is InChI=1S/C13H18BrFN2O2/c1-2-11(5-6-18)17-13(19)16-8-9-7-10(15)3-4-12(9)14/h3-4,7,11,18H,2,5-6,8H2,1H3,(H2,16,17,19). The Morgan fingerprint density at radius 3 is 2.89 bits per heavy atom. The maximum absolute atomic E-state index is 13.1. The number of carbonyl (C=O) groups excluding carboxylic acids is 1. The largest absolute Gasteiger partial charge is 0.396 e. The van der Waals surface area contributed by atoms with Gasteiger partial charge in [0.25, 0.3) is 0 Å². The molecular formula is C13H18BrFN2O2. The zero-order chi connectivity index (χ0) is 14.3. The Balaban J connectivity index is 2.47. The number of carbonyl (C=O) groups is 1. The van der Waals surface area contributed by atoms with Crippen LogP contribution < -0.4 is 10.6 Å². The third kappa shape index (κ3) is 5.57. The SMILES string of the molecule is CCC(CCO)NC(=O)NCc1cc(F)ccc1Br. The molecule has 3 N–H and O–H groups in total. The predicted molar refractivity (Wildman–Crippen MR) is 75.3 cm³/mol. The van der Waals surface area contributed by atoms with Gasteiger partial charge in [-0.2, -0.15) is 0 Å². The van der Waals surface area contributed by atoms with Crippen LogP contribution >= 0.6 is 15.9 Å². The summed E-state index contributed by atoms with van der Waals surface area (Å²) in [7, 11) is 0. The Labute approximate surface area is 120 Å². The van der Waals surface area contributed by atoms with Crippen molar-refractivity contribution >= 4 is 22.0 Å². The number of nitrogens with one attached hydrogen (secondary N) is 2. The van der Waals surface area contributed by atoms with Crippen LogP contribution in [0.15, 0.2) is 22.7 Å². The van der Waals surface area contributed by atoms with Crippen molar-refractivity contribution < 1.29 is 14.3 Å². The first-order valence-electron chi connectivity index (χ1n) is 6.16. The number of amides is 2. The Hall–Kier alpha value is -1.14. The predicted octanol–water partition coefficient (Wildman–Crippen LogP) is 2.55. The van der Waals surface area contributed by atoms with E-state index in [0.29, 0.717) is 12.0 Å². The molecule has 0 heterocycles. The van der Waals surface area contributed by atoms with E-state index in [1.165, 1.54) is 12.1 Å². The number of aliphatic hydroxyl groups excluding tert-OH is 1. The molecule has 4 nitrogen and oxygen atoms in total. The van der Waals surface area contributed by atoms with E-state index >= 15 is 0 Å². The summed E-state index contributed by atoms with van der Waals surface area (Å²) in [5, 5.41) is 14.3. The molecule has 0 saturated heterocycles. The first-order valence-corrected chi connectivity index (χ1v) is 6.95. The highest BCUT2D eigenvalue weighted by Crippen LogP contribution is 2.17. The third-order valence-electron chi connectivity index (χ3n) is 2.75. The van der Waals surface area contributed by atoms with Gasteiger partial charge in [-0.1, -0.05) is 22.9 Å². The number of benzene rings is 1. The molecule has 0 fully saturated rings. The summed E-state index contributed by atoms with van der Waals surface area (Å²) in [4.78, 5) is 11.6. The monoisotopic (exact) mass is 332 g/mol. The van der Waals surface area contributed by atoms with Crippen LogP contribution in [0.4, 0.5) is 9.18 Å². The van der Waals surface area contributed by atoms with Crippen LogP contribution in [-0.2, 0) is 6.54 Å². The lowest BCUT2D eigenvalue weighted by atomic mass is 10.1. The van der Waals surface area contributed by atoms with Crippen molar-refractivity contribution in [3.63, 3.8) is 0 Å². The van der Waals surface area contributed by atoms with E-state index in [0.717, 1.165) is 10.9 Å². The fourth-order valence-electron chi connectivity index (χ4n) is 1.62. The van der Waals surface area contributed by atoms with Crippen LogP contribution in [0.3, 0.4) is 0 Å². The fraction of sp³-hybridized carbons (Fsp3) is 0.462. The van der Waals surface area contributed by atoms with Crippen LogP contribution in [0.2, 0.25) is 0 Å². The lowest BCUT2D eigenvalue weighted by Crippen LogP contribution is -2.42. The van der Waals surface area contributed by atoms with E-state index in [4.69, 9.17) is 5.11 Å². The van der Waals surface area contributed by atoms with Crippen LogP contribution in [0, 0.1) is 5.82 Å². The molecule has 1 rings (SSSR count). The molecule has 0 bridgehead atoms. The molecule has 0 radical (unpaired) electrons. The Kier molecular flexibility index (Phi) is 6.80. The van der Waals surface area contributed by atoms with Gasteiger partial charge in [-0.3, -0.25) is 0 Å². The van der Waals surface area contributed by atoms with Gasteiger partial charge in [-0.15, -0.1) is 0 Å². The van der Waals surface area contributed by atoms with Crippen molar-refractivity contribution in [3.05, 3.63) is 34.1 Å². The zero-order valence-corrected chi connectivity index (χ0v) is 12.3. The average molecular weight is 333 g/mol. The first kappa shape index (κ1) is 15.9. The smallest absolute Gasteiger partial charge is 0.315 e. The van der Waals surface area contributed by atoms with Crippen molar-refractivity contribution in [1.82, 2.24) is 10.6 Å². The second-order valence-electron chi connectivity index (χ2n) is 4.18. The van der Waals surface area contributed by atoms with Gasteiger partial charge in [0.1, 0.15) is 5.82 Å². The van der Waals surface area contributed by atoms with E-state index in [2.05, 4.69) is 26.6 Å². The number of hydrogen-bond donors (Lipinski definition) is 3. The molecule has 1 aromatic rings. The number of urea groups is 1. The topological polar surface area (TPSA) is 61.4 Å². The van der Waals surface area contributed by atoms with Crippen LogP contribution in [0.25, 0.3) is 0 Å². The van der Waals surface area contributed by atoms with E-state index < -0.39 is 0 Å². The Morgan fingerprint density at radius 2 is 2.26 bits per heavy atom. The van der Waals surface area contributed by atoms with E-state index in [9.17, 15) is 9.18 Å². The molecule has 19 heavy (non-hydrogen) atoms. The highest BCUT2D eigenvalue weighted by atomic mass is 79.9. The van der Waals surface area contributed by atoms with Gasteiger partial charge in [0.05, 0.1) is 0 Å². The van der Waals surface area contributed by atoms with Crippen molar-refractivity contribution in [2.75, 3.05) is 6.61 Å². The minimum absolute atomic E-state index is 0.0359. The molecule has 106 valence electrons. The molecule has 1 atom stereocenters.